The van der Waals surface area contributed by atoms with Crippen molar-refractivity contribution in [3.05, 3.63) is 58.9 Å². The van der Waals surface area contributed by atoms with Crippen molar-refractivity contribution in [1.82, 2.24) is 4.57 Å². The van der Waals surface area contributed by atoms with E-state index in [2.05, 4.69) is 0 Å². The van der Waals surface area contributed by atoms with Gasteiger partial charge in [-0.05, 0) is 48.9 Å². The second kappa shape index (κ2) is 6.35. The summed E-state index contributed by atoms with van der Waals surface area (Å²) in [6, 6.07) is 6.22. The van der Waals surface area contributed by atoms with Crippen LogP contribution in [0.2, 0.25) is 0 Å². The third kappa shape index (κ3) is 3.56. The number of rotatable bonds is 4. The van der Waals surface area contributed by atoms with E-state index in [-0.39, 0.29) is 11.5 Å². The first-order chi connectivity index (χ1) is 11.1. The van der Waals surface area contributed by atoms with Gasteiger partial charge in [0.05, 0.1) is 11.3 Å². The van der Waals surface area contributed by atoms with Crippen LogP contribution < -0.4 is 0 Å². The minimum absolute atomic E-state index is 0.253. The van der Waals surface area contributed by atoms with E-state index in [1.54, 1.807) is 0 Å². The Morgan fingerprint density at radius 3 is 2.33 bits per heavy atom. The number of carboxylic acid groups (broad SMARTS) is 1. The van der Waals surface area contributed by atoms with Crippen LogP contribution >= 0.6 is 0 Å². The Morgan fingerprint density at radius 1 is 1.17 bits per heavy atom. The predicted molar refractivity (Wildman–Crippen MR) is 82.2 cm³/mol. The summed E-state index contributed by atoms with van der Waals surface area (Å²) < 4.78 is 39.8. The Labute approximate surface area is 135 Å². The Morgan fingerprint density at radius 2 is 1.83 bits per heavy atom. The van der Waals surface area contributed by atoms with E-state index in [1.165, 1.54) is 42.7 Å². The molecule has 2 rings (SSSR count). The second-order valence-corrected chi connectivity index (χ2v) is 5.21. The molecule has 0 saturated carbocycles. The molecule has 0 saturated heterocycles. The van der Waals surface area contributed by atoms with Gasteiger partial charge in [0.2, 0.25) is 0 Å². The van der Waals surface area contributed by atoms with Gasteiger partial charge in [-0.1, -0.05) is 0 Å². The number of aromatic nitrogens is 1. The first-order valence-corrected chi connectivity index (χ1v) is 6.93. The summed E-state index contributed by atoms with van der Waals surface area (Å²) in [7, 11) is 0. The van der Waals surface area contributed by atoms with Crippen molar-refractivity contribution in [3.63, 3.8) is 0 Å². The smallest absolute Gasteiger partial charge is 0.416 e. The molecular weight excluding hydrogens is 323 g/mol. The number of hydrogen-bond acceptors (Lipinski definition) is 2. The Balaban J connectivity index is 2.64. The normalized spacial score (nSPS) is 11.9. The van der Waals surface area contributed by atoms with E-state index in [0.717, 1.165) is 18.2 Å². The zero-order chi connectivity index (χ0) is 18.1. The van der Waals surface area contributed by atoms with E-state index in [0.29, 0.717) is 16.9 Å². The van der Waals surface area contributed by atoms with Gasteiger partial charge in [-0.3, -0.25) is 4.79 Å². The number of alkyl halides is 3. The number of hydrogen-bond donors (Lipinski definition) is 1. The first-order valence-electron chi connectivity index (χ1n) is 6.93. The number of ketones is 1. The highest BCUT2D eigenvalue weighted by atomic mass is 19.4. The van der Waals surface area contributed by atoms with Crippen molar-refractivity contribution in [3.8, 4) is 5.69 Å². The van der Waals surface area contributed by atoms with E-state index in [9.17, 15) is 22.8 Å². The molecule has 0 amide bonds. The summed E-state index contributed by atoms with van der Waals surface area (Å²) >= 11 is 0. The molecule has 126 valence electrons. The maximum Gasteiger partial charge on any atom is 0.416 e. The van der Waals surface area contributed by atoms with Crippen LogP contribution in [0.25, 0.3) is 11.8 Å². The van der Waals surface area contributed by atoms with Crippen molar-refractivity contribution in [2.45, 2.75) is 20.0 Å². The lowest BCUT2D eigenvalue weighted by Crippen LogP contribution is -2.10. The standard InChI is InChI=1S/C17H14F3NO3/c1-10-9-12(17(18,19)20)3-6-14(10)21-13(5-8-16(23)24)4-7-15(21)11(2)22/h3-9H,1-2H3,(H,23,24)/b8-5+. The van der Waals surface area contributed by atoms with Gasteiger partial charge in [0.15, 0.2) is 5.78 Å². The fourth-order valence-electron chi connectivity index (χ4n) is 2.37. The summed E-state index contributed by atoms with van der Waals surface area (Å²) in [6.07, 6.45) is -2.28. The van der Waals surface area contributed by atoms with Crippen LogP contribution in [-0.4, -0.2) is 21.4 Å². The maximum atomic E-state index is 12.8. The highest BCUT2D eigenvalue weighted by Gasteiger charge is 2.31. The fourth-order valence-corrected chi connectivity index (χ4v) is 2.37. The van der Waals surface area contributed by atoms with Crippen LogP contribution in [0, 0.1) is 6.92 Å². The van der Waals surface area contributed by atoms with Crippen molar-refractivity contribution in [2.24, 2.45) is 0 Å². The van der Waals surface area contributed by atoms with Crippen molar-refractivity contribution in [2.75, 3.05) is 0 Å². The average molecular weight is 337 g/mol. The van der Waals surface area contributed by atoms with E-state index in [4.69, 9.17) is 5.11 Å². The third-order valence-corrected chi connectivity index (χ3v) is 3.43. The predicted octanol–water partition coefficient (Wildman–Crippen LogP) is 4.10. The molecule has 0 radical (unpaired) electrons. The summed E-state index contributed by atoms with van der Waals surface area (Å²) in [6.45, 7) is 2.83. The Kier molecular flexibility index (Phi) is 4.64. The van der Waals surface area contributed by atoms with Gasteiger partial charge in [0.1, 0.15) is 0 Å². The molecule has 0 atom stereocenters. The molecule has 24 heavy (non-hydrogen) atoms. The fraction of sp³-hybridized carbons (Fsp3) is 0.176. The lowest BCUT2D eigenvalue weighted by atomic mass is 10.1. The zero-order valence-electron chi connectivity index (χ0n) is 12.9. The molecule has 0 bridgehead atoms. The summed E-state index contributed by atoms with van der Waals surface area (Å²) in [5, 5.41) is 8.74. The monoisotopic (exact) mass is 337 g/mol. The summed E-state index contributed by atoms with van der Waals surface area (Å²) in [5.41, 5.74) is 0.535. The number of aliphatic carboxylic acids is 1. The van der Waals surface area contributed by atoms with Gasteiger partial charge in [-0.25, -0.2) is 4.79 Å². The number of Topliss-reactive ketones (excluding diaryl/α,β-unsaturated/α-hetero) is 1. The summed E-state index contributed by atoms with van der Waals surface area (Å²) in [5.74, 6) is -1.46. The maximum absolute atomic E-state index is 12.8. The molecule has 0 aliphatic carbocycles. The molecule has 0 fully saturated rings. The van der Waals surface area contributed by atoms with Crippen LogP contribution in [0.15, 0.2) is 36.4 Å². The quantitative estimate of drug-likeness (QED) is 0.675. The topological polar surface area (TPSA) is 59.3 Å². The first kappa shape index (κ1) is 17.5. The largest absolute Gasteiger partial charge is 0.478 e. The molecule has 1 aromatic carbocycles. The van der Waals surface area contributed by atoms with Crippen molar-refractivity contribution in [1.29, 1.82) is 0 Å². The molecule has 0 unspecified atom stereocenters. The van der Waals surface area contributed by atoms with Gasteiger partial charge < -0.3 is 9.67 Å². The molecule has 0 spiro atoms. The molecular formula is C17H14F3NO3. The van der Waals surface area contributed by atoms with Crippen LogP contribution in [-0.2, 0) is 11.0 Å². The molecule has 0 aliphatic rings. The van der Waals surface area contributed by atoms with Gasteiger partial charge in [0, 0.05) is 24.4 Å². The number of benzene rings is 1. The van der Waals surface area contributed by atoms with Crippen molar-refractivity contribution < 1.29 is 27.9 Å². The minimum Gasteiger partial charge on any atom is -0.478 e. The Hall–Kier alpha value is -2.83. The average Bonchev–Trinajstić information content (AvgIpc) is 2.87. The third-order valence-electron chi connectivity index (χ3n) is 3.43. The highest BCUT2D eigenvalue weighted by Crippen LogP contribution is 2.32. The van der Waals surface area contributed by atoms with Gasteiger partial charge >= 0.3 is 12.1 Å². The molecule has 2 aromatic rings. The zero-order valence-corrected chi connectivity index (χ0v) is 12.9. The number of carbonyl (C=O) groups excluding carboxylic acids is 1. The highest BCUT2D eigenvalue weighted by molar-refractivity contribution is 5.94. The van der Waals surface area contributed by atoms with E-state index < -0.39 is 17.7 Å². The van der Waals surface area contributed by atoms with Crippen LogP contribution in [0.4, 0.5) is 13.2 Å². The Bertz CT molecular complexity index is 832. The van der Waals surface area contributed by atoms with Gasteiger partial charge in [-0.15, -0.1) is 0 Å². The number of aryl methyl sites for hydroxylation is 1. The molecule has 4 nitrogen and oxygen atoms in total. The molecule has 0 aliphatic heterocycles. The molecule has 1 aromatic heterocycles. The number of carbonyl (C=O) groups is 2. The summed E-state index contributed by atoms with van der Waals surface area (Å²) in [4.78, 5) is 22.5. The second-order valence-electron chi connectivity index (χ2n) is 5.21. The van der Waals surface area contributed by atoms with Gasteiger partial charge in [0.25, 0.3) is 0 Å². The lowest BCUT2D eigenvalue weighted by Gasteiger charge is -2.15. The van der Waals surface area contributed by atoms with Crippen LogP contribution in [0.3, 0.4) is 0 Å². The number of nitrogens with zero attached hydrogens (tertiary/aromatic N) is 1. The van der Waals surface area contributed by atoms with E-state index >= 15 is 0 Å². The van der Waals surface area contributed by atoms with Gasteiger partial charge in [-0.2, -0.15) is 13.2 Å². The minimum atomic E-state index is -4.46. The molecule has 1 N–H and O–H groups in total. The van der Waals surface area contributed by atoms with Crippen molar-refractivity contribution >= 4 is 17.8 Å². The number of halogens is 3. The number of carboxylic acids is 1. The lowest BCUT2D eigenvalue weighted by molar-refractivity contribution is -0.137. The van der Waals surface area contributed by atoms with Crippen LogP contribution in [0.5, 0.6) is 0 Å². The SMILES string of the molecule is CC(=O)c1ccc(/C=C/C(=O)O)n1-c1ccc(C(F)(F)F)cc1C. The molecule has 1 heterocycles. The van der Waals surface area contributed by atoms with Crippen LogP contribution in [0.1, 0.15) is 34.2 Å². The van der Waals surface area contributed by atoms with E-state index in [1.807, 2.05) is 0 Å². The molecule has 7 heteroatoms.